The number of oxazole rings is 1. The summed E-state index contributed by atoms with van der Waals surface area (Å²) in [6.07, 6.45) is 2.76. The molecule has 16 heavy (non-hydrogen) atoms. The summed E-state index contributed by atoms with van der Waals surface area (Å²) in [5.74, 6) is -0.391. The third-order valence-corrected chi connectivity index (χ3v) is 1.89. The Bertz CT molecular complexity index is 550. The molecule has 2 aromatic heterocycles. The van der Waals surface area contributed by atoms with Crippen LogP contribution in [0.15, 0.2) is 33.8 Å². The zero-order valence-corrected chi connectivity index (χ0v) is 8.48. The summed E-state index contributed by atoms with van der Waals surface area (Å²) in [5.41, 5.74) is 0.746. The number of aryl methyl sites for hydroxylation is 1. The predicted molar refractivity (Wildman–Crippen MR) is 56.3 cm³/mol. The Morgan fingerprint density at radius 1 is 1.50 bits per heavy atom. The average Bonchev–Trinajstić information content (AvgIpc) is 2.65. The third-order valence-electron chi connectivity index (χ3n) is 1.89. The Balaban J connectivity index is 2.14. The van der Waals surface area contributed by atoms with Gasteiger partial charge in [-0.3, -0.25) is 14.9 Å². The number of nitrogens with zero attached hydrogens (tertiary/aromatic N) is 1. The molecule has 1 amide bonds. The number of hydrogen-bond donors (Lipinski definition) is 2. The van der Waals surface area contributed by atoms with Crippen LogP contribution >= 0.6 is 0 Å². The number of aromatic nitrogens is 2. The number of carbonyl (C=O) groups is 1. The second-order valence-electron chi connectivity index (χ2n) is 3.19. The number of hydrogen-bond acceptors (Lipinski definition) is 4. The monoisotopic (exact) mass is 219 g/mol. The maximum Gasteiger partial charge on any atom is 0.301 e. The molecular weight excluding hydrogens is 210 g/mol. The maximum atomic E-state index is 11.6. The first-order chi connectivity index (χ1) is 7.65. The fraction of sp³-hybridized carbons (Fsp3) is 0.100. The lowest BCUT2D eigenvalue weighted by Crippen LogP contribution is -2.14. The van der Waals surface area contributed by atoms with Gasteiger partial charge in [0.2, 0.25) is 5.56 Å². The average molecular weight is 219 g/mol. The van der Waals surface area contributed by atoms with Crippen molar-refractivity contribution in [3.05, 3.63) is 46.2 Å². The van der Waals surface area contributed by atoms with E-state index >= 15 is 0 Å². The van der Waals surface area contributed by atoms with Gasteiger partial charge in [-0.2, -0.15) is 4.98 Å². The molecule has 0 spiro atoms. The molecule has 0 bridgehead atoms. The Hall–Kier alpha value is -2.37. The number of amides is 1. The van der Waals surface area contributed by atoms with Gasteiger partial charge in [0.25, 0.3) is 5.91 Å². The van der Waals surface area contributed by atoms with E-state index in [-0.39, 0.29) is 11.6 Å². The lowest BCUT2D eigenvalue weighted by molar-refractivity contribution is 0.102. The fourth-order valence-electron chi connectivity index (χ4n) is 1.13. The topological polar surface area (TPSA) is 88.0 Å². The quantitative estimate of drug-likeness (QED) is 0.786. The van der Waals surface area contributed by atoms with Crippen molar-refractivity contribution >= 4 is 11.9 Å². The number of anilines is 1. The summed E-state index contributed by atoms with van der Waals surface area (Å²) in [6, 6.07) is 2.83. The van der Waals surface area contributed by atoms with Gasteiger partial charge in [-0.1, -0.05) is 0 Å². The lowest BCUT2D eigenvalue weighted by atomic mass is 10.3. The van der Waals surface area contributed by atoms with Crippen LogP contribution in [0.4, 0.5) is 6.01 Å². The fourth-order valence-corrected chi connectivity index (χ4v) is 1.13. The number of aromatic amines is 1. The van der Waals surface area contributed by atoms with Crippen LogP contribution in [0.5, 0.6) is 0 Å². The highest BCUT2D eigenvalue weighted by atomic mass is 16.4. The van der Waals surface area contributed by atoms with E-state index in [9.17, 15) is 9.59 Å². The molecule has 6 heteroatoms. The molecule has 0 aliphatic carbocycles. The highest BCUT2D eigenvalue weighted by Crippen LogP contribution is 2.07. The lowest BCUT2D eigenvalue weighted by Gasteiger charge is -1.99. The Kier molecular flexibility index (Phi) is 2.55. The molecule has 2 N–H and O–H groups in total. The van der Waals surface area contributed by atoms with E-state index < -0.39 is 5.91 Å². The van der Waals surface area contributed by atoms with Crippen LogP contribution in [0.2, 0.25) is 0 Å². The van der Waals surface area contributed by atoms with Crippen LogP contribution in [-0.4, -0.2) is 15.9 Å². The highest BCUT2D eigenvalue weighted by molar-refractivity contribution is 6.02. The Morgan fingerprint density at radius 2 is 2.31 bits per heavy atom. The van der Waals surface area contributed by atoms with Crippen molar-refractivity contribution < 1.29 is 9.21 Å². The van der Waals surface area contributed by atoms with Crippen LogP contribution in [0.25, 0.3) is 0 Å². The molecule has 0 aliphatic rings. The van der Waals surface area contributed by atoms with E-state index in [1.54, 1.807) is 6.92 Å². The molecule has 0 saturated carbocycles. The van der Waals surface area contributed by atoms with Crippen molar-refractivity contribution in [1.29, 1.82) is 0 Å². The van der Waals surface area contributed by atoms with Crippen LogP contribution in [0.3, 0.4) is 0 Å². The number of carbonyl (C=O) groups excluding carboxylic acids is 1. The van der Waals surface area contributed by atoms with E-state index in [4.69, 9.17) is 4.42 Å². The summed E-state index contributed by atoms with van der Waals surface area (Å²) >= 11 is 0. The molecule has 0 radical (unpaired) electrons. The number of pyridine rings is 1. The molecule has 0 fully saturated rings. The van der Waals surface area contributed by atoms with Crippen molar-refractivity contribution in [3.8, 4) is 0 Å². The van der Waals surface area contributed by atoms with E-state index in [0.29, 0.717) is 11.3 Å². The first kappa shape index (κ1) is 10.2. The van der Waals surface area contributed by atoms with Gasteiger partial charge in [0, 0.05) is 12.3 Å². The standard InChI is InChI=1S/C10H9N3O3/c1-6-5-16-10(12-6)13-9(15)7-2-3-8(14)11-4-7/h2-5H,1H3,(H,11,14)(H,12,13,15). The van der Waals surface area contributed by atoms with Gasteiger partial charge < -0.3 is 9.40 Å². The van der Waals surface area contributed by atoms with Crippen molar-refractivity contribution in [2.24, 2.45) is 0 Å². The van der Waals surface area contributed by atoms with Gasteiger partial charge in [0.05, 0.1) is 11.3 Å². The molecule has 2 rings (SSSR count). The molecule has 0 atom stereocenters. The highest BCUT2D eigenvalue weighted by Gasteiger charge is 2.08. The SMILES string of the molecule is Cc1coc(NC(=O)c2ccc(=O)[nH]c2)n1. The van der Waals surface area contributed by atoms with Gasteiger partial charge in [-0.05, 0) is 13.0 Å². The zero-order valence-electron chi connectivity index (χ0n) is 8.48. The molecule has 0 saturated heterocycles. The minimum atomic E-state index is -0.391. The maximum absolute atomic E-state index is 11.6. The first-order valence-electron chi connectivity index (χ1n) is 4.57. The van der Waals surface area contributed by atoms with Gasteiger partial charge >= 0.3 is 6.01 Å². The van der Waals surface area contributed by atoms with Crippen LogP contribution in [-0.2, 0) is 0 Å². The van der Waals surface area contributed by atoms with Gasteiger partial charge in [0.1, 0.15) is 6.26 Å². The van der Waals surface area contributed by atoms with Gasteiger partial charge in [0.15, 0.2) is 0 Å². The molecule has 2 aromatic rings. The second kappa shape index (κ2) is 4.01. The van der Waals surface area contributed by atoms with E-state index in [2.05, 4.69) is 15.3 Å². The molecule has 0 aliphatic heterocycles. The molecular formula is C10H9N3O3. The summed E-state index contributed by atoms with van der Waals surface area (Å²) in [6.45, 7) is 1.75. The smallest absolute Gasteiger partial charge is 0.301 e. The van der Waals surface area contributed by atoms with Crippen molar-refractivity contribution in [2.45, 2.75) is 6.92 Å². The van der Waals surface area contributed by atoms with E-state index in [0.717, 1.165) is 0 Å². The minimum Gasteiger partial charge on any atom is -0.432 e. The largest absolute Gasteiger partial charge is 0.432 e. The number of H-pyrrole nitrogens is 1. The minimum absolute atomic E-state index is 0.133. The summed E-state index contributed by atoms with van der Waals surface area (Å²) in [7, 11) is 0. The number of rotatable bonds is 2. The molecule has 82 valence electrons. The van der Waals surface area contributed by atoms with Crippen molar-refractivity contribution in [3.63, 3.8) is 0 Å². The Morgan fingerprint density at radius 3 is 2.88 bits per heavy atom. The Labute approximate surface area is 90.3 Å². The molecule has 0 unspecified atom stereocenters. The predicted octanol–water partition coefficient (Wildman–Crippen LogP) is 0.924. The normalized spacial score (nSPS) is 10.1. The number of nitrogens with one attached hydrogen (secondary N) is 2. The van der Waals surface area contributed by atoms with E-state index in [1.807, 2.05) is 0 Å². The molecule has 6 nitrogen and oxygen atoms in total. The van der Waals surface area contributed by atoms with Crippen LogP contribution < -0.4 is 10.9 Å². The zero-order chi connectivity index (χ0) is 11.5. The summed E-state index contributed by atoms with van der Waals surface area (Å²) < 4.78 is 4.97. The molecule has 2 heterocycles. The van der Waals surface area contributed by atoms with E-state index in [1.165, 1.54) is 24.6 Å². The summed E-state index contributed by atoms with van der Waals surface area (Å²) in [5, 5.41) is 2.46. The van der Waals surface area contributed by atoms with Crippen molar-refractivity contribution in [1.82, 2.24) is 9.97 Å². The molecule has 0 aromatic carbocycles. The summed E-state index contributed by atoms with van der Waals surface area (Å²) in [4.78, 5) is 28.7. The second-order valence-corrected chi connectivity index (χ2v) is 3.19. The first-order valence-corrected chi connectivity index (χ1v) is 4.57. The van der Waals surface area contributed by atoms with Gasteiger partial charge in [-0.15, -0.1) is 0 Å². The van der Waals surface area contributed by atoms with Crippen LogP contribution in [0.1, 0.15) is 16.1 Å². The van der Waals surface area contributed by atoms with Crippen LogP contribution in [0, 0.1) is 6.92 Å². The van der Waals surface area contributed by atoms with Gasteiger partial charge in [-0.25, -0.2) is 0 Å². The third kappa shape index (κ3) is 2.17. The van der Waals surface area contributed by atoms with Crippen molar-refractivity contribution in [2.75, 3.05) is 5.32 Å².